The number of hydrogen-bond donors (Lipinski definition) is 3. The highest BCUT2D eigenvalue weighted by molar-refractivity contribution is 9.11. The van der Waals surface area contributed by atoms with Crippen LogP contribution in [0.2, 0.25) is 0 Å². The number of aromatic nitrogens is 8. The van der Waals surface area contributed by atoms with Crippen molar-refractivity contribution in [2.24, 2.45) is 0 Å². The van der Waals surface area contributed by atoms with Crippen LogP contribution in [0.3, 0.4) is 0 Å². The zero-order chi connectivity index (χ0) is 31.9. The van der Waals surface area contributed by atoms with Gasteiger partial charge in [0.1, 0.15) is 11.6 Å². The first-order valence-electron chi connectivity index (χ1n) is 14.4. The first kappa shape index (κ1) is 30.0. The lowest BCUT2D eigenvalue weighted by Crippen LogP contribution is -2.42. The molecule has 10 nitrogen and oxygen atoms in total. The molecule has 0 unspecified atom stereocenters. The molecule has 47 heavy (non-hydrogen) atoms. The van der Waals surface area contributed by atoms with E-state index in [0.717, 1.165) is 64.3 Å². The summed E-state index contributed by atoms with van der Waals surface area (Å²) in [6.07, 6.45) is 7.08. The van der Waals surface area contributed by atoms with Crippen molar-refractivity contribution in [3.8, 4) is 22.8 Å². The van der Waals surface area contributed by atoms with Crippen molar-refractivity contribution in [1.29, 1.82) is 0 Å². The number of halogens is 3. The van der Waals surface area contributed by atoms with E-state index in [0.29, 0.717) is 24.4 Å². The molecule has 0 fully saturated rings. The number of imidazole rings is 3. The van der Waals surface area contributed by atoms with Crippen LogP contribution in [0.4, 0.5) is 11.4 Å². The summed E-state index contributed by atoms with van der Waals surface area (Å²) in [6, 6.07) is 23.0. The van der Waals surface area contributed by atoms with E-state index in [1.807, 2.05) is 18.3 Å². The number of thiophene rings is 1. The molecular weight excluding hydrogens is 808 g/mol. The standard InChI is InChI=1S/C33H23Br3N10S/c34-21-10-28-32(38-12-21)43-30(41-28)19-1-5-25(6-2-19)45(15-24-14-37-18-40-24)46(16-27-9-23(36)17-47-27)26-7-3-20(4-8-26)31-42-29-11-22(35)13-39-33(29)44-31/h1-14,17-18H,15-16H2,(H,37,40)(H,38,41,43)(H,39,42,44). The van der Waals surface area contributed by atoms with Crippen molar-refractivity contribution < 1.29 is 0 Å². The topological polar surface area (TPSA) is 118 Å². The Morgan fingerprint density at radius 3 is 1.68 bits per heavy atom. The van der Waals surface area contributed by atoms with Gasteiger partial charge in [0.25, 0.3) is 0 Å². The summed E-state index contributed by atoms with van der Waals surface area (Å²) in [5.41, 5.74) is 8.06. The van der Waals surface area contributed by atoms with Crippen molar-refractivity contribution in [2.45, 2.75) is 13.1 Å². The first-order chi connectivity index (χ1) is 22.9. The van der Waals surface area contributed by atoms with Gasteiger partial charge in [-0.3, -0.25) is 10.0 Å². The zero-order valence-corrected chi connectivity index (χ0v) is 29.9. The first-order valence-corrected chi connectivity index (χ1v) is 17.7. The van der Waals surface area contributed by atoms with E-state index in [9.17, 15) is 0 Å². The Bertz CT molecular complexity index is 2310. The molecule has 0 saturated heterocycles. The summed E-state index contributed by atoms with van der Waals surface area (Å²) >= 11 is 12.3. The molecule has 8 rings (SSSR count). The Kier molecular flexibility index (Phi) is 8.09. The fourth-order valence-corrected chi connectivity index (χ4v) is 7.45. The van der Waals surface area contributed by atoms with Gasteiger partial charge in [-0.1, -0.05) is 0 Å². The number of nitrogens with zero attached hydrogens (tertiary/aromatic N) is 7. The molecule has 232 valence electrons. The van der Waals surface area contributed by atoms with E-state index in [-0.39, 0.29) is 0 Å². The molecule has 0 radical (unpaired) electrons. The van der Waals surface area contributed by atoms with Crippen molar-refractivity contribution in [1.82, 2.24) is 39.9 Å². The number of fused-ring (bicyclic) bond motifs is 2. The molecule has 0 bridgehead atoms. The van der Waals surface area contributed by atoms with Gasteiger partial charge in [-0.15, -0.1) is 11.3 Å². The van der Waals surface area contributed by atoms with Crippen LogP contribution in [0.1, 0.15) is 10.6 Å². The second-order valence-electron chi connectivity index (χ2n) is 10.7. The predicted molar refractivity (Wildman–Crippen MR) is 197 cm³/mol. The van der Waals surface area contributed by atoms with Crippen LogP contribution in [-0.4, -0.2) is 39.9 Å². The summed E-state index contributed by atoms with van der Waals surface area (Å²) < 4.78 is 2.87. The lowest BCUT2D eigenvalue weighted by molar-refractivity contribution is 0.707. The minimum absolute atomic E-state index is 0.570. The summed E-state index contributed by atoms with van der Waals surface area (Å²) in [7, 11) is 0. The highest BCUT2D eigenvalue weighted by atomic mass is 79.9. The second kappa shape index (κ2) is 12.7. The molecule has 3 N–H and O–H groups in total. The smallest absolute Gasteiger partial charge is 0.178 e. The molecule has 0 amide bonds. The molecule has 8 aromatic rings. The van der Waals surface area contributed by atoms with E-state index >= 15 is 0 Å². The SMILES string of the molecule is Brc1csc(CN(c2ccc(-c3nc4ncc(Br)cc4[nH]3)cc2)N(Cc2cnc[nH]2)c2ccc(-c3nc4ncc(Br)cc4[nH]3)cc2)c1. The van der Waals surface area contributed by atoms with Crippen LogP contribution in [-0.2, 0) is 13.1 Å². The Labute approximate surface area is 297 Å². The molecule has 0 aliphatic carbocycles. The van der Waals surface area contributed by atoms with E-state index in [2.05, 4.69) is 148 Å². The number of nitrogens with one attached hydrogen (secondary N) is 3. The minimum atomic E-state index is 0.570. The number of hydrazine groups is 1. The summed E-state index contributed by atoms with van der Waals surface area (Å²) in [5.74, 6) is 1.53. The molecule has 6 heterocycles. The summed E-state index contributed by atoms with van der Waals surface area (Å²) in [6.45, 7) is 1.22. The number of anilines is 2. The maximum absolute atomic E-state index is 4.71. The number of hydrogen-bond acceptors (Lipinski definition) is 8. The molecule has 0 aliphatic heterocycles. The average molecular weight is 831 g/mol. The van der Waals surface area contributed by atoms with Gasteiger partial charge in [-0.05, 0) is 115 Å². The van der Waals surface area contributed by atoms with Gasteiger partial charge in [-0.2, -0.15) is 0 Å². The maximum Gasteiger partial charge on any atom is 0.178 e. The van der Waals surface area contributed by atoms with Crippen LogP contribution in [0.25, 0.3) is 45.1 Å². The molecule has 0 spiro atoms. The quantitative estimate of drug-likeness (QED) is 0.124. The Hall–Kier alpha value is -4.37. The van der Waals surface area contributed by atoms with Crippen molar-refractivity contribution >= 4 is 92.8 Å². The van der Waals surface area contributed by atoms with Gasteiger partial charge in [0.05, 0.1) is 47.5 Å². The van der Waals surface area contributed by atoms with Crippen molar-refractivity contribution in [2.75, 3.05) is 10.0 Å². The van der Waals surface area contributed by atoms with Crippen LogP contribution in [0.15, 0.2) is 110 Å². The Morgan fingerprint density at radius 1 is 0.638 bits per heavy atom. The number of aromatic amines is 3. The molecule has 14 heteroatoms. The molecule has 6 aromatic heterocycles. The van der Waals surface area contributed by atoms with E-state index in [1.165, 1.54) is 4.88 Å². The lowest BCUT2D eigenvalue weighted by atomic mass is 10.1. The van der Waals surface area contributed by atoms with Gasteiger partial charge < -0.3 is 15.0 Å². The van der Waals surface area contributed by atoms with Crippen LogP contribution >= 0.6 is 59.1 Å². The monoisotopic (exact) mass is 828 g/mol. The number of H-pyrrole nitrogens is 3. The fourth-order valence-electron chi connectivity index (χ4n) is 5.35. The third-order valence-corrected chi connectivity index (χ3v) is 10.1. The lowest BCUT2D eigenvalue weighted by Gasteiger charge is -2.38. The van der Waals surface area contributed by atoms with Gasteiger partial charge >= 0.3 is 0 Å². The molecule has 0 aliphatic rings. The van der Waals surface area contributed by atoms with Crippen LogP contribution in [0.5, 0.6) is 0 Å². The highest BCUT2D eigenvalue weighted by Gasteiger charge is 2.21. The van der Waals surface area contributed by atoms with E-state index in [4.69, 9.17) is 9.97 Å². The van der Waals surface area contributed by atoms with Crippen LogP contribution < -0.4 is 10.0 Å². The molecule has 2 aromatic carbocycles. The summed E-state index contributed by atoms with van der Waals surface area (Å²) in [4.78, 5) is 33.9. The zero-order valence-electron chi connectivity index (χ0n) is 24.3. The van der Waals surface area contributed by atoms with E-state index in [1.54, 1.807) is 30.1 Å². The van der Waals surface area contributed by atoms with Gasteiger partial charge in [0.15, 0.2) is 11.3 Å². The summed E-state index contributed by atoms with van der Waals surface area (Å²) in [5, 5.41) is 6.66. The van der Waals surface area contributed by atoms with Gasteiger partial charge in [0.2, 0.25) is 0 Å². The average Bonchev–Trinajstić information content (AvgIpc) is 3.90. The number of pyridine rings is 2. The Balaban J connectivity index is 1.17. The third-order valence-electron chi connectivity index (χ3n) is 7.58. The van der Waals surface area contributed by atoms with Gasteiger partial charge in [-0.25, -0.2) is 24.9 Å². The largest absolute Gasteiger partial charge is 0.347 e. The normalized spacial score (nSPS) is 11.5. The number of rotatable bonds is 9. The second-order valence-corrected chi connectivity index (χ2v) is 14.5. The third kappa shape index (κ3) is 6.33. The minimum Gasteiger partial charge on any atom is -0.347 e. The van der Waals surface area contributed by atoms with Crippen molar-refractivity contribution in [3.05, 3.63) is 121 Å². The predicted octanol–water partition coefficient (Wildman–Crippen LogP) is 9.26. The Morgan fingerprint density at radius 2 is 1.19 bits per heavy atom. The molecular formula is C33H23Br3N10S. The highest BCUT2D eigenvalue weighted by Crippen LogP contribution is 2.32. The molecule has 0 saturated carbocycles. The maximum atomic E-state index is 4.71. The number of benzene rings is 2. The van der Waals surface area contributed by atoms with Crippen molar-refractivity contribution in [3.63, 3.8) is 0 Å². The van der Waals surface area contributed by atoms with E-state index < -0.39 is 0 Å². The molecule has 0 atom stereocenters. The fraction of sp³-hybridized carbons (Fsp3) is 0.0606. The van der Waals surface area contributed by atoms with Crippen LogP contribution in [0, 0.1) is 0 Å². The van der Waals surface area contributed by atoms with Gasteiger partial charge in [0, 0.05) is 53.4 Å².